The predicted molar refractivity (Wildman–Crippen MR) is 120 cm³/mol. The Morgan fingerprint density at radius 2 is 1.81 bits per heavy atom. The number of fused-ring (bicyclic) bond motifs is 1. The van der Waals surface area contributed by atoms with E-state index in [0.717, 1.165) is 17.7 Å². The molecule has 0 amide bonds. The lowest BCUT2D eigenvalue weighted by Crippen LogP contribution is -2.19. The second-order valence-corrected chi connectivity index (χ2v) is 7.33. The van der Waals surface area contributed by atoms with Crippen LogP contribution in [0.15, 0.2) is 76.2 Å². The van der Waals surface area contributed by atoms with Gasteiger partial charge < -0.3 is 9.84 Å². The van der Waals surface area contributed by atoms with Gasteiger partial charge in [0, 0.05) is 6.42 Å². The van der Waals surface area contributed by atoms with Crippen LogP contribution in [-0.4, -0.2) is 29.9 Å². The third kappa shape index (κ3) is 3.76. The van der Waals surface area contributed by atoms with Crippen molar-refractivity contribution >= 4 is 17.0 Å². The number of nitrogens with zero attached hydrogens (tertiary/aromatic N) is 5. The Labute approximate surface area is 183 Å². The lowest BCUT2D eigenvalue weighted by molar-refractivity contribution is 0.371. The first-order chi connectivity index (χ1) is 15.7. The van der Waals surface area contributed by atoms with Gasteiger partial charge in [0.2, 0.25) is 11.8 Å². The Morgan fingerprint density at radius 3 is 2.56 bits per heavy atom. The van der Waals surface area contributed by atoms with Gasteiger partial charge in [-0.25, -0.2) is 4.68 Å². The maximum absolute atomic E-state index is 12.7. The van der Waals surface area contributed by atoms with Gasteiger partial charge in [0.15, 0.2) is 11.5 Å². The van der Waals surface area contributed by atoms with E-state index in [1.165, 1.54) is 6.20 Å². The molecule has 5 rings (SSSR count). The Hall–Kier alpha value is -4.27. The molecule has 1 unspecified atom stereocenters. The van der Waals surface area contributed by atoms with Crippen LogP contribution in [0.25, 0.3) is 16.7 Å². The Kier molecular flexibility index (Phi) is 5.20. The molecular formula is C23H21N7O2. The van der Waals surface area contributed by atoms with Gasteiger partial charge in [-0.05, 0) is 24.1 Å². The maximum atomic E-state index is 12.7. The highest BCUT2D eigenvalue weighted by Crippen LogP contribution is 2.24. The van der Waals surface area contributed by atoms with Gasteiger partial charge in [0.05, 0.1) is 11.9 Å². The van der Waals surface area contributed by atoms with Crippen LogP contribution in [-0.2, 0) is 6.42 Å². The fourth-order valence-electron chi connectivity index (χ4n) is 3.52. The molecule has 0 aliphatic carbocycles. The molecule has 5 aromatic rings. The molecule has 1 atom stereocenters. The number of aryl methyl sites for hydroxylation is 1. The van der Waals surface area contributed by atoms with Crippen molar-refractivity contribution < 1.29 is 4.52 Å². The summed E-state index contributed by atoms with van der Waals surface area (Å²) in [5, 5.41) is 12.2. The summed E-state index contributed by atoms with van der Waals surface area (Å²) in [6.07, 6.45) is 3.12. The van der Waals surface area contributed by atoms with Crippen molar-refractivity contribution in [3.8, 4) is 5.69 Å². The normalized spacial score (nSPS) is 12.2. The van der Waals surface area contributed by atoms with Crippen molar-refractivity contribution in [1.29, 1.82) is 0 Å². The highest BCUT2D eigenvalue weighted by molar-refractivity contribution is 5.76. The molecule has 0 fully saturated rings. The molecule has 0 bridgehead atoms. The van der Waals surface area contributed by atoms with E-state index in [1.54, 1.807) is 4.68 Å². The van der Waals surface area contributed by atoms with Crippen LogP contribution in [0.2, 0.25) is 0 Å². The van der Waals surface area contributed by atoms with E-state index in [-0.39, 0.29) is 11.5 Å². The molecular weight excluding hydrogens is 406 g/mol. The second-order valence-electron chi connectivity index (χ2n) is 7.33. The maximum Gasteiger partial charge on any atom is 0.263 e. The lowest BCUT2D eigenvalue weighted by Gasteiger charge is -2.16. The van der Waals surface area contributed by atoms with E-state index in [1.807, 2.05) is 60.7 Å². The summed E-state index contributed by atoms with van der Waals surface area (Å²) >= 11 is 0. The number of benzene rings is 2. The van der Waals surface area contributed by atoms with Crippen LogP contribution in [0.4, 0.5) is 5.95 Å². The number of nitrogens with one attached hydrogen (secondary N) is 2. The Morgan fingerprint density at radius 1 is 1.06 bits per heavy atom. The molecule has 9 heteroatoms. The summed E-state index contributed by atoms with van der Waals surface area (Å²) in [7, 11) is 0. The van der Waals surface area contributed by atoms with Crippen LogP contribution in [0, 0.1) is 0 Å². The highest BCUT2D eigenvalue weighted by Gasteiger charge is 2.22. The zero-order valence-electron chi connectivity index (χ0n) is 17.4. The standard InChI is InChI=1S/C23H21N7O2/c1-2-9-18-25-20(29-32-18)19(15-10-5-3-6-11-15)26-23-27-21-17(22(31)28-23)14-24-30(21)16-12-7-4-8-13-16/h3-8,10-14,19H,2,9H2,1H3,(H2,26,27,28,31). The number of hydrogen-bond acceptors (Lipinski definition) is 7. The number of aromatic amines is 1. The molecule has 3 aromatic heterocycles. The number of H-pyrrole nitrogens is 1. The summed E-state index contributed by atoms with van der Waals surface area (Å²) in [4.78, 5) is 24.7. The molecule has 0 radical (unpaired) electrons. The average molecular weight is 427 g/mol. The Balaban J connectivity index is 1.57. The molecule has 0 aliphatic rings. The van der Waals surface area contributed by atoms with Crippen LogP contribution in [0.3, 0.4) is 0 Å². The molecule has 0 aliphatic heterocycles. The summed E-state index contributed by atoms with van der Waals surface area (Å²) in [5.74, 6) is 1.33. The van der Waals surface area contributed by atoms with E-state index in [4.69, 9.17) is 4.52 Å². The summed E-state index contributed by atoms with van der Waals surface area (Å²) in [5.41, 5.74) is 1.89. The highest BCUT2D eigenvalue weighted by atomic mass is 16.5. The van der Waals surface area contributed by atoms with Crippen molar-refractivity contribution in [2.45, 2.75) is 25.8 Å². The van der Waals surface area contributed by atoms with E-state index in [2.05, 4.69) is 37.4 Å². The molecule has 0 spiro atoms. The largest absolute Gasteiger partial charge is 0.341 e. The molecule has 2 aromatic carbocycles. The van der Waals surface area contributed by atoms with Crippen LogP contribution in [0.1, 0.15) is 36.7 Å². The third-order valence-electron chi connectivity index (χ3n) is 5.06. The molecule has 32 heavy (non-hydrogen) atoms. The summed E-state index contributed by atoms with van der Waals surface area (Å²) in [6.45, 7) is 2.05. The van der Waals surface area contributed by atoms with Gasteiger partial charge in [-0.3, -0.25) is 9.78 Å². The molecule has 3 heterocycles. The molecule has 0 saturated heterocycles. The van der Waals surface area contributed by atoms with Crippen LogP contribution >= 0.6 is 0 Å². The quantitative estimate of drug-likeness (QED) is 0.407. The first-order valence-corrected chi connectivity index (χ1v) is 10.4. The smallest absolute Gasteiger partial charge is 0.263 e. The minimum Gasteiger partial charge on any atom is -0.341 e. The van der Waals surface area contributed by atoms with Gasteiger partial charge in [-0.15, -0.1) is 0 Å². The van der Waals surface area contributed by atoms with Crippen LogP contribution in [0.5, 0.6) is 0 Å². The number of para-hydroxylation sites is 1. The SMILES string of the molecule is CCCc1nc(C(Nc2nc3c(cnn3-c3ccccc3)c(=O)[nH]2)c2ccccc2)no1. The van der Waals surface area contributed by atoms with Gasteiger partial charge in [0.1, 0.15) is 11.4 Å². The summed E-state index contributed by atoms with van der Waals surface area (Å²) in [6, 6.07) is 18.8. The van der Waals surface area contributed by atoms with Crippen molar-refractivity contribution in [3.05, 3.63) is 94.5 Å². The van der Waals surface area contributed by atoms with Crippen LogP contribution < -0.4 is 10.9 Å². The number of hydrogen-bond donors (Lipinski definition) is 2. The predicted octanol–water partition coefficient (Wildman–Crippen LogP) is 3.65. The fourth-order valence-corrected chi connectivity index (χ4v) is 3.52. The van der Waals surface area contributed by atoms with Gasteiger partial charge in [-0.2, -0.15) is 15.1 Å². The van der Waals surface area contributed by atoms with Gasteiger partial charge in [-0.1, -0.05) is 60.6 Å². The van der Waals surface area contributed by atoms with Gasteiger partial charge in [0.25, 0.3) is 5.56 Å². The number of rotatable bonds is 7. The van der Waals surface area contributed by atoms with E-state index < -0.39 is 6.04 Å². The minimum absolute atomic E-state index is 0.286. The number of anilines is 1. The molecule has 9 nitrogen and oxygen atoms in total. The Bertz CT molecular complexity index is 1390. The zero-order valence-corrected chi connectivity index (χ0v) is 17.4. The first kappa shape index (κ1) is 19.7. The summed E-state index contributed by atoms with van der Waals surface area (Å²) < 4.78 is 7.04. The van der Waals surface area contributed by atoms with Crippen molar-refractivity contribution in [2.24, 2.45) is 0 Å². The minimum atomic E-state index is -0.459. The fraction of sp³-hybridized carbons (Fsp3) is 0.174. The second kappa shape index (κ2) is 8.46. The molecule has 160 valence electrons. The topological polar surface area (TPSA) is 115 Å². The molecule has 2 N–H and O–H groups in total. The van der Waals surface area contributed by atoms with E-state index in [9.17, 15) is 4.79 Å². The van der Waals surface area contributed by atoms with Crippen molar-refractivity contribution in [1.82, 2.24) is 29.9 Å². The monoisotopic (exact) mass is 427 g/mol. The number of aromatic nitrogens is 6. The van der Waals surface area contributed by atoms with Crippen molar-refractivity contribution in [3.63, 3.8) is 0 Å². The van der Waals surface area contributed by atoms with E-state index in [0.29, 0.717) is 29.2 Å². The molecule has 0 saturated carbocycles. The van der Waals surface area contributed by atoms with Crippen molar-refractivity contribution in [2.75, 3.05) is 5.32 Å². The van der Waals surface area contributed by atoms with E-state index >= 15 is 0 Å². The first-order valence-electron chi connectivity index (χ1n) is 10.4. The average Bonchev–Trinajstić information content (AvgIpc) is 3.46. The third-order valence-corrected chi connectivity index (χ3v) is 5.06. The van der Waals surface area contributed by atoms with Gasteiger partial charge >= 0.3 is 0 Å². The lowest BCUT2D eigenvalue weighted by atomic mass is 10.1. The zero-order chi connectivity index (χ0) is 21.9.